The first-order valence-corrected chi connectivity index (χ1v) is 11.9. The first-order valence-electron chi connectivity index (χ1n) is 10.4. The van der Waals surface area contributed by atoms with Crippen LogP contribution in [0.2, 0.25) is 0 Å². The molecule has 0 amide bonds. The Morgan fingerprint density at radius 2 is 1.60 bits per heavy atom. The SMILES string of the molecule is Cc1noc(C)c1S(=O)(=O)N1CCN(c2ccc(N3CCCC(C)(C)C3)nn2)CC1. The highest BCUT2D eigenvalue weighted by Gasteiger charge is 2.34. The van der Waals surface area contributed by atoms with Crippen LogP contribution in [-0.2, 0) is 10.0 Å². The molecule has 2 saturated heterocycles. The molecule has 164 valence electrons. The Labute approximate surface area is 178 Å². The Kier molecular flexibility index (Phi) is 5.48. The number of aromatic nitrogens is 3. The lowest BCUT2D eigenvalue weighted by Crippen LogP contribution is -2.49. The zero-order chi connectivity index (χ0) is 21.5. The van der Waals surface area contributed by atoms with Gasteiger partial charge in [-0.2, -0.15) is 4.31 Å². The van der Waals surface area contributed by atoms with E-state index in [4.69, 9.17) is 4.52 Å². The maximum atomic E-state index is 13.0. The van der Waals surface area contributed by atoms with Gasteiger partial charge in [0.15, 0.2) is 17.4 Å². The van der Waals surface area contributed by atoms with Crippen LogP contribution < -0.4 is 9.80 Å². The molecule has 30 heavy (non-hydrogen) atoms. The lowest BCUT2D eigenvalue weighted by Gasteiger charge is -2.38. The lowest BCUT2D eigenvalue weighted by atomic mass is 9.84. The minimum atomic E-state index is -3.61. The van der Waals surface area contributed by atoms with Crippen molar-refractivity contribution >= 4 is 21.7 Å². The summed E-state index contributed by atoms with van der Waals surface area (Å²) in [6.45, 7) is 11.8. The average Bonchev–Trinajstić information content (AvgIpc) is 3.06. The highest BCUT2D eigenvalue weighted by molar-refractivity contribution is 7.89. The second-order valence-corrected chi connectivity index (χ2v) is 10.9. The van der Waals surface area contributed by atoms with Crippen molar-refractivity contribution < 1.29 is 12.9 Å². The molecule has 0 N–H and O–H groups in total. The fourth-order valence-electron chi connectivity index (χ4n) is 4.40. The standard InChI is InChI=1S/C20H30N6O3S/c1-15-19(16(2)29-23-15)30(27,28)26-12-10-24(11-13-26)17-6-7-18(22-21-17)25-9-5-8-20(3,4)14-25/h6-7H,5,8-14H2,1-4H3. The molecule has 0 saturated carbocycles. The van der Waals surface area contributed by atoms with Crippen molar-refractivity contribution in [2.45, 2.75) is 45.4 Å². The molecule has 2 fully saturated rings. The van der Waals surface area contributed by atoms with Gasteiger partial charge in [-0.15, -0.1) is 10.2 Å². The molecule has 4 rings (SSSR count). The van der Waals surface area contributed by atoms with Gasteiger partial charge in [0, 0.05) is 39.3 Å². The minimum Gasteiger partial charge on any atom is -0.360 e. The number of piperazine rings is 1. The molecule has 0 radical (unpaired) electrons. The van der Waals surface area contributed by atoms with E-state index in [0.717, 1.165) is 31.1 Å². The van der Waals surface area contributed by atoms with Gasteiger partial charge < -0.3 is 14.3 Å². The summed E-state index contributed by atoms with van der Waals surface area (Å²) in [7, 11) is -3.61. The molecule has 2 aliphatic heterocycles. The van der Waals surface area contributed by atoms with Crippen LogP contribution in [0.4, 0.5) is 11.6 Å². The molecule has 10 heteroatoms. The van der Waals surface area contributed by atoms with Crippen molar-refractivity contribution in [1.29, 1.82) is 0 Å². The van der Waals surface area contributed by atoms with Crippen molar-refractivity contribution in [3.05, 3.63) is 23.6 Å². The number of rotatable bonds is 4. The van der Waals surface area contributed by atoms with E-state index < -0.39 is 10.0 Å². The minimum absolute atomic E-state index is 0.185. The van der Waals surface area contributed by atoms with Crippen LogP contribution in [0.25, 0.3) is 0 Å². The summed E-state index contributed by atoms with van der Waals surface area (Å²) in [6.07, 6.45) is 2.40. The lowest BCUT2D eigenvalue weighted by molar-refractivity contribution is 0.291. The smallest absolute Gasteiger partial charge is 0.248 e. The Morgan fingerprint density at radius 1 is 0.967 bits per heavy atom. The molecule has 0 aliphatic carbocycles. The van der Waals surface area contributed by atoms with Gasteiger partial charge in [0.05, 0.1) is 0 Å². The van der Waals surface area contributed by atoms with Crippen molar-refractivity contribution in [2.75, 3.05) is 49.1 Å². The third-order valence-electron chi connectivity index (χ3n) is 5.99. The number of anilines is 2. The number of nitrogens with zero attached hydrogens (tertiary/aromatic N) is 6. The Hall–Kier alpha value is -2.20. The van der Waals surface area contributed by atoms with E-state index in [2.05, 4.69) is 39.0 Å². The summed E-state index contributed by atoms with van der Waals surface area (Å²) < 4.78 is 32.5. The van der Waals surface area contributed by atoms with Gasteiger partial charge in [-0.3, -0.25) is 0 Å². The summed E-state index contributed by atoms with van der Waals surface area (Å²) in [5.41, 5.74) is 0.694. The Balaban J connectivity index is 1.41. The normalized spacial score (nSPS) is 20.5. The molecule has 9 nitrogen and oxygen atoms in total. The van der Waals surface area contributed by atoms with Gasteiger partial charge in [-0.25, -0.2) is 8.42 Å². The molecular weight excluding hydrogens is 404 g/mol. The Morgan fingerprint density at radius 3 is 2.13 bits per heavy atom. The van der Waals surface area contributed by atoms with Crippen LogP contribution in [-0.4, -0.2) is 67.3 Å². The van der Waals surface area contributed by atoms with E-state index >= 15 is 0 Å². The quantitative estimate of drug-likeness (QED) is 0.723. The van der Waals surface area contributed by atoms with Crippen molar-refractivity contribution in [3.8, 4) is 0 Å². The zero-order valence-corrected chi connectivity index (χ0v) is 18.9. The van der Waals surface area contributed by atoms with E-state index in [9.17, 15) is 8.42 Å². The van der Waals surface area contributed by atoms with Crippen LogP contribution in [0, 0.1) is 19.3 Å². The molecular formula is C20H30N6O3S. The van der Waals surface area contributed by atoms with Crippen LogP contribution >= 0.6 is 0 Å². The zero-order valence-electron chi connectivity index (χ0n) is 18.1. The summed E-state index contributed by atoms with van der Waals surface area (Å²) in [6, 6.07) is 4.01. The van der Waals surface area contributed by atoms with Crippen LogP contribution in [0.1, 0.15) is 38.1 Å². The molecule has 2 aliphatic rings. The first-order chi connectivity index (χ1) is 14.2. The van der Waals surface area contributed by atoms with Gasteiger partial charge in [0.2, 0.25) is 10.0 Å². The largest absolute Gasteiger partial charge is 0.360 e. The third kappa shape index (κ3) is 4.02. The van der Waals surface area contributed by atoms with Gasteiger partial charge in [0.1, 0.15) is 10.6 Å². The number of aryl methyl sites for hydroxylation is 2. The second kappa shape index (κ2) is 7.81. The number of hydrogen-bond donors (Lipinski definition) is 0. The van der Waals surface area contributed by atoms with Gasteiger partial charge >= 0.3 is 0 Å². The van der Waals surface area contributed by atoms with Crippen molar-refractivity contribution in [1.82, 2.24) is 19.7 Å². The third-order valence-corrected chi connectivity index (χ3v) is 8.13. The Bertz CT molecular complexity index is 975. The molecule has 0 spiro atoms. The second-order valence-electron chi connectivity index (χ2n) is 8.98. The molecule has 0 aromatic carbocycles. The number of piperidine rings is 1. The predicted octanol–water partition coefficient (Wildman–Crippen LogP) is 2.22. The number of sulfonamides is 1. The fourth-order valence-corrected chi connectivity index (χ4v) is 6.12. The van der Waals surface area contributed by atoms with Crippen LogP contribution in [0.3, 0.4) is 0 Å². The topological polar surface area (TPSA) is 95.7 Å². The molecule has 0 unspecified atom stereocenters. The maximum Gasteiger partial charge on any atom is 0.248 e. The van der Waals surface area contributed by atoms with Crippen LogP contribution in [0.15, 0.2) is 21.6 Å². The summed E-state index contributed by atoms with van der Waals surface area (Å²) >= 11 is 0. The van der Waals surface area contributed by atoms with E-state index in [1.54, 1.807) is 13.8 Å². The highest BCUT2D eigenvalue weighted by Crippen LogP contribution is 2.31. The number of hydrogen-bond acceptors (Lipinski definition) is 8. The van der Waals surface area contributed by atoms with E-state index in [1.807, 2.05) is 12.1 Å². The first kappa shape index (κ1) is 21.0. The predicted molar refractivity (Wildman–Crippen MR) is 114 cm³/mol. The van der Waals surface area contributed by atoms with Crippen LogP contribution in [0.5, 0.6) is 0 Å². The monoisotopic (exact) mass is 434 g/mol. The van der Waals surface area contributed by atoms with Gasteiger partial charge in [-0.05, 0) is 44.2 Å². The van der Waals surface area contributed by atoms with E-state index in [1.165, 1.54) is 10.7 Å². The summed E-state index contributed by atoms with van der Waals surface area (Å²) in [5.74, 6) is 2.02. The van der Waals surface area contributed by atoms with Crippen molar-refractivity contribution in [3.63, 3.8) is 0 Å². The molecule has 4 heterocycles. The van der Waals surface area contributed by atoms with Crippen molar-refractivity contribution in [2.24, 2.45) is 5.41 Å². The molecule has 0 bridgehead atoms. The maximum absolute atomic E-state index is 13.0. The summed E-state index contributed by atoms with van der Waals surface area (Å²) in [4.78, 5) is 4.56. The van der Waals surface area contributed by atoms with E-state index in [0.29, 0.717) is 43.0 Å². The fraction of sp³-hybridized carbons (Fsp3) is 0.650. The highest BCUT2D eigenvalue weighted by atomic mass is 32.2. The van der Waals surface area contributed by atoms with Gasteiger partial charge in [-0.1, -0.05) is 19.0 Å². The van der Waals surface area contributed by atoms with E-state index in [-0.39, 0.29) is 4.90 Å². The molecule has 2 aromatic rings. The average molecular weight is 435 g/mol. The molecule has 2 aromatic heterocycles. The van der Waals surface area contributed by atoms with Gasteiger partial charge in [0.25, 0.3) is 0 Å². The summed E-state index contributed by atoms with van der Waals surface area (Å²) in [5, 5.41) is 12.7. The molecule has 0 atom stereocenters.